The Morgan fingerprint density at radius 3 is 2.06 bits per heavy atom. The molecule has 0 heterocycles. The van der Waals surface area contributed by atoms with E-state index in [4.69, 9.17) is 0 Å². The van der Waals surface area contributed by atoms with Crippen molar-refractivity contribution < 1.29 is 22.0 Å². The fourth-order valence-electron chi connectivity index (χ4n) is 5.55. The van der Waals surface area contributed by atoms with Crippen molar-refractivity contribution in [3.05, 3.63) is 82.4 Å². The van der Waals surface area contributed by atoms with Crippen LogP contribution in [0.25, 0.3) is 10.8 Å². The predicted octanol–water partition coefficient (Wildman–Crippen LogP) is 9.46. The van der Waals surface area contributed by atoms with E-state index < -0.39 is 17.6 Å². The number of fused-ring (bicyclic) bond motifs is 1. The van der Waals surface area contributed by atoms with Gasteiger partial charge < -0.3 is 0 Å². The van der Waals surface area contributed by atoms with Crippen LogP contribution in [-0.4, -0.2) is 0 Å². The molecule has 1 fully saturated rings. The van der Waals surface area contributed by atoms with Crippen LogP contribution < -0.4 is 0 Å². The second-order valence-electron chi connectivity index (χ2n) is 10.1. The molecule has 3 aromatic carbocycles. The molecule has 4 rings (SSSR count). The first-order valence-corrected chi connectivity index (χ1v) is 12.8. The fraction of sp³-hybridized carbons (Fsp3) is 0.467. The number of aryl methyl sites for hydroxylation is 3. The molecule has 0 N–H and O–H groups in total. The highest BCUT2D eigenvalue weighted by Gasteiger charge is 2.33. The van der Waals surface area contributed by atoms with E-state index in [1.807, 2.05) is 18.2 Å². The van der Waals surface area contributed by atoms with Crippen LogP contribution in [0, 0.1) is 23.5 Å². The Kier molecular flexibility index (Phi) is 8.13. The average molecular weight is 489 g/mol. The minimum absolute atomic E-state index is 0.260. The summed E-state index contributed by atoms with van der Waals surface area (Å²) in [4.78, 5) is 0. The topological polar surface area (TPSA) is 0 Å². The number of hydrogen-bond acceptors (Lipinski definition) is 0. The maximum absolute atomic E-state index is 15.2. The van der Waals surface area contributed by atoms with Crippen LogP contribution in [0.15, 0.2) is 48.5 Å². The monoisotopic (exact) mass is 488 g/mol. The Bertz CT molecular complexity index is 1140. The molecule has 1 saturated carbocycles. The Labute approximate surface area is 204 Å². The molecular formula is C30H33F5. The van der Waals surface area contributed by atoms with E-state index in [2.05, 4.69) is 13.0 Å². The summed E-state index contributed by atoms with van der Waals surface area (Å²) in [7, 11) is 0. The molecule has 0 nitrogen and oxygen atoms in total. The quantitative estimate of drug-likeness (QED) is 0.277. The summed E-state index contributed by atoms with van der Waals surface area (Å²) in [6, 6.07) is 12.4. The van der Waals surface area contributed by atoms with E-state index in [9.17, 15) is 17.6 Å². The van der Waals surface area contributed by atoms with Crippen molar-refractivity contribution in [1.82, 2.24) is 0 Å². The normalized spacial score (nSPS) is 18.8. The molecule has 3 aromatic rings. The van der Waals surface area contributed by atoms with Crippen molar-refractivity contribution in [2.45, 2.75) is 77.3 Å². The van der Waals surface area contributed by atoms with Crippen molar-refractivity contribution in [2.75, 3.05) is 0 Å². The molecule has 0 unspecified atom stereocenters. The van der Waals surface area contributed by atoms with Crippen LogP contribution in [0.5, 0.6) is 0 Å². The summed E-state index contributed by atoms with van der Waals surface area (Å²) in [5, 5.41) is 1.40. The summed E-state index contributed by atoms with van der Waals surface area (Å²) >= 11 is 0. The summed E-state index contributed by atoms with van der Waals surface area (Å²) in [5.74, 6) is 0.0894. The molecule has 5 heteroatoms. The third-order valence-electron chi connectivity index (χ3n) is 7.62. The molecule has 1 aliphatic rings. The second-order valence-corrected chi connectivity index (χ2v) is 10.1. The summed E-state index contributed by atoms with van der Waals surface area (Å²) in [6.45, 7) is 2.26. The van der Waals surface area contributed by atoms with Gasteiger partial charge >= 0.3 is 6.18 Å². The van der Waals surface area contributed by atoms with E-state index in [-0.39, 0.29) is 18.7 Å². The van der Waals surface area contributed by atoms with Crippen LogP contribution in [0.2, 0.25) is 0 Å². The molecule has 0 amide bonds. The Hall–Kier alpha value is -2.43. The van der Waals surface area contributed by atoms with Gasteiger partial charge in [-0.2, -0.15) is 13.2 Å². The molecule has 0 radical (unpaired) electrons. The smallest absolute Gasteiger partial charge is 0.206 e. The van der Waals surface area contributed by atoms with Crippen molar-refractivity contribution in [2.24, 2.45) is 11.8 Å². The van der Waals surface area contributed by atoms with Crippen LogP contribution in [0.1, 0.15) is 74.1 Å². The van der Waals surface area contributed by atoms with E-state index in [0.29, 0.717) is 16.5 Å². The number of alkyl halides is 3. The van der Waals surface area contributed by atoms with E-state index in [0.717, 1.165) is 35.8 Å². The molecule has 0 saturated heterocycles. The van der Waals surface area contributed by atoms with Gasteiger partial charge in [0.2, 0.25) is 0 Å². The van der Waals surface area contributed by atoms with Crippen LogP contribution >= 0.6 is 0 Å². The summed E-state index contributed by atoms with van der Waals surface area (Å²) in [5.41, 5.74) is 0.835. The first kappa shape index (κ1) is 25.7. The van der Waals surface area contributed by atoms with Crippen molar-refractivity contribution >= 4 is 10.8 Å². The molecular weight excluding hydrogens is 455 g/mol. The highest BCUT2D eigenvalue weighted by molar-refractivity contribution is 5.84. The van der Waals surface area contributed by atoms with E-state index >= 15 is 4.39 Å². The largest absolute Gasteiger partial charge is 0.419 e. The SMILES string of the molecule is CCCC1CCC(CCc2ccc3c(F)c(CCc4ccc(C(F)(F)F)c(F)c4)ccc3c2)CC1. The van der Waals surface area contributed by atoms with Gasteiger partial charge in [-0.05, 0) is 71.7 Å². The van der Waals surface area contributed by atoms with Gasteiger partial charge in [0.1, 0.15) is 11.6 Å². The molecule has 1 aliphatic carbocycles. The molecule has 0 aromatic heterocycles. The first-order chi connectivity index (χ1) is 16.7. The van der Waals surface area contributed by atoms with Crippen LogP contribution in [-0.2, 0) is 25.4 Å². The molecule has 0 spiro atoms. The van der Waals surface area contributed by atoms with Gasteiger partial charge in [-0.3, -0.25) is 0 Å². The number of benzene rings is 3. The van der Waals surface area contributed by atoms with Gasteiger partial charge in [0.15, 0.2) is 0 Å². The van der Waals surface area contributed by atoms with Gasteiger partial charge in [-0.1, -0.05) is 81.8 Å². The van der Waals surface area contributed by atoms with Crippen LogP contribution in [0.4, 0.5) is 22.0 Å². The lowest BCUT2D eigenvalue weighted by molar-refractivity contribution is -0.140. The lowest BCUT2D eigenvalue weighted by Gasteiger charge is -2.28. The van der Waals surface area contributed by atoms with E-state index in [1.165, 1.54) is 56.6 Å². The lowest BCUT2D eigenvalue weighted by atomic mass is 9.78. The minimum Gasteiger partial charge on any atom is -0.206 e. The Balaban J connectivity index is 1.37. The molecule has 35 heavy (non-hydrogen) atoms. The summed E-state index contributed by atoms with van der Waals surface area (Å²) < 4.78 is 67.3. The highest BCUT2D eigenvalue weighted by Crippen LogP contribution is 2.34. The van der Waals surface area contributed by atoms with Gasteiger partial charge in [0.25, 0.3) is 0 Å². The van der Waals surface area contributed by atoms with Gasteiger partial charge in [-0.15, -0.1) is 0 Å². The number of halogens is 5. The maximum atomic E-state index is 15.2. The summed E-state index contributed by atoms with van der Waals surface area (Å²) in [6.07, 6.45) is 5.97. The average Bonchev–Trinajstić information content (AvgIpc) is 2.82. The second kappa shape index (κ2) is 11.1. The maximum Gasteiger partial charge on any atom is 0.419 e. The number of rotatable bonds is 8. The molecule has 0 aliphatic heterocycles. The molecule has 0 bridgehead atoms. The van der Waals surface area contributed by atoms with Crippen molar-refractivity contribution in [3.63, 3.8) is 0 Å². The zero-order chi connectivity index (χ0) is 25.0. The fourth-order valence-corrected chi connectivity index (χ4v) is 5.55. The minimum atomic E-state index is -4.72. The lowest BCUT2D eigenvalue weighted by Crippen LogP contribution is -2.15. The van der Waals surface area contributed by atoms with E-state index in [1.54, 1.807) is 6.07 Å². The van der Waals surface area contributed by atoms with Gasteiger partial charge in [0, 0.05) is 5.39 Å². The Morgan fingerprint density at radius 1 is 0.743 bits per heavy atom. The molecule has 0 atom stereocenters. The van der Waals surface area contributed by atoms with Gasteiger partial charge in [0.05, 0.1) is 5.56 Å². The number of hydrogen-bond donors (Lipinski definition) is 0. The third kappa shape index (κ3) is 6.42. The standard InChI is InChI=1S/C30H33F5/c1-2-3-20-4-6-21(7-5-20)8-9-22-11-16-26-25(18-22)15-14-24(29(26)32)13-10-23-12-17-27(28(31)19-23)30(33,34)35/h11-12,14-21H,2-10,13H2,1H3. The zero-order valence-electron chi connectivity index (χ0n) is 20.2. The van der Waals surface area contributed by atoms with Crippen LogP contribution in [0.3, 0.4) is 0 Å². The third-order valence-corrected chi connectivity index (χ3v) is 7.62. The highest BCUT2D eigenvalue weighted by atomic mass is 19.4. The Morgan fingerprint density at radius 2 is 1.40 bits per heavy atom. The molecule has 188 valence electrons. The zero-order valence-corrected chi connectivity index (χ0v) is 20.2. The van der Waals surface area contributed by atoms with Crippen molar-refractivity contribution in [3.8, 4) is 0 Å². The van der Waals surface area contributed by atoms with Crippen molar-refractivity contribution in [1.29, 1.82) is 0 Å². The first-order valence-electron chi connectivity index (χ1n) is 12.8. The van der Waals surface area contributed by atoms with Gasteiger partial charge in [-0.25, -0.2) is 8.78 Å². The predicted molar refractivity (Wildman–Crippen MR) is 131 cm³/mol.